The number of ketones is 1. The van der Waals surface area contributed by atoms with E-state index >= 15 is 0 Å². The standard InChI is InChI=1S/C33H31Br2N3O2/c1-19-13-21(18-40-23-11-9-22(34)10-12-23)20(2)24(14-19)30-25(17-36)32(37)38(27-8-6-5-7-26(27)35)28-15-33(3,4)16-29(39)31(28)30/h5-14,30H,15-16,18,37H2,1-4H3. The van der Waals surface area contributed by atoms with Gasteiger partial charge in [0.05, 0.1) is 23.2 Å². The summed E-state index contributed by atoms with van der Waals surface area (Å²) in [6, 6.07) is 22.1. The van der Waals surface area contributed by atoms with E-state index in [1.807, 2.05) is 67.3 Å². The molecule has 0 amide bonds. The van der Waals surface area contributed by atoms with Gasteiger partial charge in [-0.15, -0.1) is 0 Å². The summed E-state index contributed by atoms with van der Waals surface area (Å²) in [5.41, 5.74) is 13.3. The van der Waals surface area contributed by atoms with Crippen LogP contribution in [0.3, 0.4) is 0 Å². The van der Waals surface area contributed by atoms with Gasteiger partial charge in [-0.25, -0.2) is 0 Å². The summed E-state index contributed by atoms with van der Waals surface area (Å²) < 4.78 is 7.96. The summed E-state index contributed by atoms with van der Waals surface area (Å²) >= 11 is 7.13. The fourth-order valence-corrected chi connectivity index (χ4v) is 6.56. The smallest absolute Gasteiger partial charge is 0.162 e. The minimum atomic E-state index is -0.548. The highest BCUT2D eigenvalue weighted by Crippen LogP contribution is 2.51. The molecule has 40 heavy (non-hydrogen) atoms. The molecule has 0 fully saturated rings. The van der Waals surface area contributed by atoms with Crippen LogP contribution in [0.1, 0.15) is 54.9 Å². The van der Waals surface area contributed by atoms with E-state index in [0.717, 1.165) is 48.3 Å². The molecule has 3 aromatic rings. The first-order valence-electron chi connectivity index (χ1n) is 13.2. The number of carbonyl (C=O) groups excluding carboxylic acids is 1. The van der Waals surface area contributed by atoms with Crippen LogP contribution in [0.5, 0.6) is 5.75 Å². The molecule has 1 heterocycles. The Kier molecular flexibility index (Phi) is 7.69. The van der Waals surface area contributed by atoms with Crippen molar-refractivity contribution >= 4 is 43.3 Å². The first-order valence-corrected chi connectivity index (χ1v) is 14.8. The van der Waals surface area contributed by atoms with Crippen LogP contribution in [-0.4, -0.2) is 5.78 Å². The Morgan fingerprint density at radius 2 is 1.77 bits per heavy atom. The van der Waals surface area contributed by atoms with Gasteiger partial charge in [0.2, 0.25) is 0 Å². The predicted octanol–water partition coefficient (Wildman–Crippen LogP) is 8.35. The Labute approximate surface area is 252 Å². The number of hydrogen-bond donors (Lipinski definition) is 1. The zero-order valence-electron chi connectivity index (χ0n) is 23.0. The quantitative estimate of drug-likeness (QED) is 0.298. The molecule has 2 aliphatic rings. The maximum Gasteiger partial charge on any atom is 0.162 e. The highest BCUT2D eigenvalue weighted by molar-refractivity contribution is 9.10. The van der Waals surface area contributed by atoms with Gasteiger partial charge in [0.1, 0.15) is 18.2 Å². The van der Waals surface area contributed by atoms with E-state index in [0.29, 0.717) is 36.4 Å². The Morgan fingerprint density at radius 1 is 1.07 bits per heavy atom. The molecule has 204 valence electrons. The monoisotopic (exact) mass is 659 g/mol. The molecule has 1 aliphatic heterocycles. The molecule has 0 saturated carbocycles. The molecule has 0 aromatic heterocycles. The lowest BCUT2D eigenvalue weighted by Crippen LogP contribution is -2.42. The number of rotatable bonds is 5. The molecule has 1 unspecified atom stereocenters. The zero-order valence-corrected chi connectivity index (χ0v) is 26.2. The second kappa shape index (κ2) is 10.9. The van der Waals surface area contributed by atoms with Crippen molar-refractivity contribution in [3.05, 3.63) is 115 Å². The molecule has 0 bridgehead atoms. The van der Waals surface area contributed by atoms with Crippen LogP contribution in [0.25, 0.3) is 0 Å². The van der Waals surface area contributed by atoms with Crippen LogP contribution < -0.4 is 15.4 Å². The number of allylic oxidation sites excluding steroid dienone is 3. The minimum Gasteiger partial charge on any atom is -0.489 e. The molecule has 3 aromatic carbocycles. The molecule has 1 aliphatic carbocycles. The van der Waals surface area contributed by atoms with Crippen LogP contribution in [0.2, 0.25) is 0 Å². The van der Waals surface area contributed by atoms with Gasteiger partial charge in [-0.2, -0.15) is 5.26 Å². The van der Waals surface area contributed by atoms with E-state index in [4.69, 9.17) is 10.5 Å². The number of anilines is 1. The minimum absolute atomic E-state index is 0.0575. The van der Waals surface area contributed by atoms with Crippen LogP contribution in [0, 0.1) is 30.6 Å². The van der Waals surface area contributed by atoms with Gasteiger partial charge in [0.15, 0.2) is 5.78 Å². The van der Waals surface area contributed by atoms with Crippen molar-refractivity contribution in [1.29, 1.82) is 5.26 Å². The molecular weight excluding hydrogens is 630 g/mol. The van der Waals surface area contributed by atoms with Gasteiger partial charge in [-0.1, -0.05) is 59.6 Å². The van der Waals surface area contributed by atoms with Crippen molar-refractivity contribution in [2.45, 2.75) is 53.1 Å². The number of carbonyl (C=O) groups is 1. The van der Waals surface area contributed by atoms with Crippen molar-refractivity contribution in [1.82, 2.24) is 0 Å². The number of ether oxygens (including phenoxy) is 1. The second-order valence-corrected chi connectivity index (χ2v) is 13.1. The fourth-order valence-electron chi connectivity index (χ4n) is 5.83. The molecular formula is C33H31Br2N3O2. The highest BCUT2D eigenvalue weighted by Gasteiger charge is 2.45. The van der Waals surface area contributed by atoms with E-state index in [9.17, 15) is 10.1 Å². The number of nitriles is 1. The number of nitrogens with zero attached hydrogens (tertiary/aromatic N) is 2. The zero-order chi connectivity index (χ0) is 28.8. The lowest BCUT2D eigenvalue weighted by Gasteiger charge is -2.44. The average Bonchev–Trinajstić information content (AvgIpc) is 2.89. The number of aryl methyl sites for hydroxylation is 1. The van der Waals surface area contributed by atoms with Gasteiger partial charge in [-0.3, -0.25) is 9.69 Å². The summed E-state index contributed by atoms with van der Waals surface area (Å²) in [5.74, 6) is 0.636. The van der Waals surface area contributed by atoms with E-state index in [1.165, 1.54) is 0 Å². The molecule has 1 atom stereocenters. The molecule has 5 rings (SSSR count). The Bertz CT molecular complexity index is 1610. The number of Topliss-reactive ketones (excluding diaryl/α,β-unsaturated/α-hetero) is 1. The van der Waals surface area contributed by atoms with Crippen molar-refractivity contribution in [2.75, 3.05) is 4.90 Å². The first kappa shape index (κ1) is 28.2. The predicted molar refractivity (Wildman–Crippen MR) is 166 cm³/mol. The number of hydrogen-bond acceptors (Lipinski definition) is 5. The lowest BCUT2D eigenvalue weighted by molar-refractivity contribution is -0.118. The van der Waals surface area contributed by atoms with Crippen LogP contribution >= 0.6 is 31.9 Å². The summed E-state index contributed by atoms with van der Waals surface area (Å²) in [4.78, 5) is 15.9. The summed E-state index contributed by atoms with van der Waals surface area (Å²) in [5, 5.41) is 10.5. The third-order valence-electron chi connectivity index (χ3n) is 7.69. The summed E-state index contributed by atoms with van der Waals surface area (Å²) in [6.45, 7) is 8.65. The maximum atomic E-state index is 14.0. The second-order valence-electron chi connectivity index (χ2n) is 11.3. The third kappa shape index (κ3) is 5.23. The molecule has 7 heteroatoms. The van der Waals surface area contributed by atoms with Crippen molar-refractivity contribution < 1.29 is 9.53 Å². The van der Waals surface area contributed by atoms with Gasteiger partial charge in [-0.05, 0) is 94.7 Å². The number of nitrogens with two attached hydrogens (primary N) is 1. The molecule has 0 spiro atoms. The Morgan fingerprint density at radius 3 is 2.45 bits per heavy atom. The summed E-state index contributed by atoms with van der Waals surface area (Å²) in [6.07, 6.45) is 1.07. The number of benzene rings is 3. The van der Waals surface area contributed by atoms with E-state index in [-0.39, 0.29) is 11.2 Å². The van der Waals surface area contributed by atoms with Crippen LogP contribution in [0.4, 0.5) is 5.69 Å². The molecule has 5 nitrogen and oxygen atoms in total. The van der Waals surface area contributed by atoms with Gasteiger partial charge in [0.25, 0.3) is 0 Å². The van der Waals surface area contributed by atoms with Gasteiger partial charge in [0, 0.05) is 26.6 Å². The van der Waals surface area contributed by atoms with Crippen LogP contribution in [0.15, 0.2) is 92.3 Å². The Hall–Kier alpha value is -3.34. The van der Waals surface area contributed by atoms with E-state index in [1.54, 1.807) is 0 Å². The topological polar surface area (TPSA) is 79.3 Å². The Balaban J connectivity index is 1.67. The average molecular weight is 661 g/mol. The molecule has 0 radical (unpaired) electrons. The SMILES string of the molecule is Cc1cc(COc2ccc(Br)cc2)c(C)c(C2C(C#N)=C(N)N(c3ccccc3Br)C3=C2C(=O)CC(C)(C)C3)c1. The van der Waals surface area contributed by atoms with E-state index in [2.05, 4.69) is 63.9 Å². The fraction of sp³-hybridized carbons (Fsp3) is 0.273. The normalized spacial score (nSPS) is 18.5. The van der Waals surface area contributed by atoms with Crippen LogP contribution in [-0.2, 0) is 11.4 Å². The number of para-hydroxylation sites is 1. The maximum absolute atomic E-state index is 14.0. The first-order chi connectivity index (χ1) is 19.0. The van der Waals surface area contributed by atoms with Crippen molar-refractivity contribution in [3.63, 3.8) is 0 Å². The van der Waals surface area contributed by atoms with Gasteiger partial charge < -0.3 is 10.5 Å². The van der Waals surface area contributed by atoms with Gasteiger partial charge >= 0.3 is 0 Å². The summed E-state index contributed by atoms with van der Waals surface area (Å²) in [7, 11) is 0. The molecule has 0 saturated heterocycles. The molecule has 2 N–H and O–H groups in total. The van der Waals surface area contributed by atoms with E-state index < -0.39 is 5.92 Å². The highest BCUT2D eigenvalue weighted by atomic mass is 79.9. The largest absolute Gasteiger partial charge is 0.489 e. The lowest BCUT2D eigenvalue weighted by atomic mass is 9.68. The third-order valence-corrected chi connectivity index (χ3v) is 8.89. The number of halogens is 2. The van der Waals surface area contributed by atoms with Crippen molar-refractivity contribution in [3.8, 4) is 11.8 Å². The van der Waals surface area contributed by atoms with Crippen molar-refractivity contribution in [2.24, 2.45) is 11.1 Å².